The van der Waals surface area contributed by atoms with Crippen molar-refractivity contribution in [3.05, 3.63) is 57.8 Å². The highest BCUT2D eigenvalue weighted by molar-refractivity contribution is 6.35. The van der Waals surface area contributed by atoms with Gasteiger partial charge in [0.05, 0.1) is 5.02 Å². The lowest BCUT2D eigenvalue weighted by atomic mass is 10.2. The molecule has 5 nitrogen and oxygen atoms in total. The van der Waals surface area contributed by atoms with Crippen molar-refractivity contribution in [1.29, 1.82) is 5.26 Å². The van der Waals surface area contributed by atoms with Gasteiger partial charge in [0.25, 0.3) is 0 Å². The van der Waals surface area contributed by atoms with Crippen LogP contribution >= 0.6 is 23.2 Å². The van der Waals surface area contributed by atoms with E-state index in [4.69, 9.17) is 27.6 Å². The monoisotopic (exact) mass is 398 g/mol. The molecule has 1 aliphatic heterocycles. The van der Waals surface area contributed by atoms with Gasteiger partial charge in [-0.1, -0.05) is 29.6 Å². The molecule has 0 unspecified atom stereocenters. The highest BCUT2D eigenvalue weighted by Gasteiger charge is 2.18. The van der Waals surface area contributed by atoms with Crippen LogP contribution in [-0.2, 0) is 13.0 Å². The Kier molecular flexibility index (Phi) is 5.02. The summed E-state index contributed by atoms with van der Waals surface area (Å²) in [5.74, 6) is 2.66. The second-order valence-corrected chi connectivity index (χ2v) is 7.24. The Morgan fingerprint density at radius 3 is 2.89 bits per heavy atom. The highest BCUT2D eigenvalue weighted by atomic mass is 35.5. The number of hydrogen-bond donors (Lipinski definition) is 0. The molecule has 0 spiro atoms. The maximum absolute atomic E-state index is 9.66. The Hall–Kier alpha value is -2.55. The molecule has 3 aromatic rings. The number of nitriles is 1. The summed E-state index contributed by atoms with van der Waals surface area (Å²) in [6.07, 6.45) is 5.91. The molecule has 0 atom stereocenters. The first-order valence-corrected chi connectivity index (χ1v) is 9.51. The summed E-state index contributed by atoms with van der Waals surface area (Å²) in [7, 11) is 0. The van der Waals surface area contributed by atoms with E-state index in [-0.39, 0.29) is 0 Å². The van der Waals surface area contributed by atoms with Gasteiger partial charge in [0.1, 0.15) is 29.0 Å². The molecule has 3 heterocycles. The standard InChI is InChI=1S/C20H16Cl2N4O/c21-14-5-7-17(22)16(11-14)18-8-6-15(27-18)10-13(12-23)20-25-24-19-4-2-1-3-9-26(19)20/h5-8,10-11H,1-4,9H2. The zero-order valence-electron chi connectivity index (χ0n) is 14.5. The van der Waals surface area contributed by atoms with Crippen LogP contribution in [0.15, 0.2) is 34.7 Å². The maximum Gasteiger partial charge on any atom is 0.174 e. The molecule has 0 radical (unpaired) electrons. The Morgan fingerprint density at radius 1 is 1.15 bits per heavy atom. The molecular weight excluding hydrogens is 383 g/mol. The summed E-state index contributed by atoms with van der Waals surface area (Å²) in [4.78, 5) is 0. The number of rotatable bonds is 3. The molecule has 0 bridgehead atoms. The summed E-state index contributed by atoms with van der Waals surface area (Å²) in [6, 6.07) is 11.0. The van der Waals surface area contributed by atoms with Crippen LogP contribution in [0, 0.1) is 11.3 Å². The van der Waals surface area contributed by atoms with Gasteiger partial charge in [-0.3, -0.25) is 0 Å². The topological polar surface area (TPSA) is 67.6 Å². The molecule has 0 saturated carbocycles. The molecular formula is C20H16Cl2N4O. The molecule has 1 aliphatic rings. The van der Waals surface area contributed by atoms with Gasteiger partial charge >= 0.3 is 0 Å². The lowest BCUT2D eigenvalue weighted by Gasteiger charge is -2.05. The van der Waals surface area contributed by atoms with E-state index >= 15 is 0 Å². The van der Waals surface area contributed by atoms with Gasteiger partial charge in [-0.2, -0.15) is 5.26 Å². The first-order chi connectivity index (χ1) is 13.2. The highest BCUT2D eigenvalue weighted by Crippen LogP contribution is 2.32. The van der Waals surface area contributed by atoms with Crippen molar-refractivity contribution in [2.75, 3.05) is 0 Å². The normalized spacial score (nSPS) is 14.5. The molecule has 0 aliphatic carbocycles. The van der Waals surface area contributed by atoms with Gasteiger partial charge in [0.15, 0.2) is 5.82 Å². The zero-order valence-corrected chi connectivity index (χ0v) is 16.0. The van der Waals surface area contributed by atoms with Gasteiger partial charge in [0, 0.05) is 29.6 Å². The van der Waals surface area contributed by atoms with Crippen molar-refractivity contribution in [2.24, 2.45) is 0 Å². The minimum absolute atomic E-state index is 0.425. The second kappa shape index (κ2) is 7.59. The summed E-state index contributed by atoms with van der Waals surface area (Å²) in [5.41, 5.74) is 1.13. The third-order valence-corrected chi connectivity index (χ3v) is 5.14. The number of hydrogen-bond acceptors (Lipinski definition) is 4. The van der Waals surface area contributed by atoms with E-state index in [0.29, 0.717) is 38.5 Å². The first-order valence-electron chi connectivity index (χ1n) is 8.75. The van der Waals surface area contributed by atoms with Gasteiger partial charge < -0.3 is 8.98 Å². The summed E-state index contributed by atoms with van der Waals surface area (Å²) >= 11 is 12.3. The molecule has 2 aromatic heterocycles. The van der Waals surface area contributed by atoms with Crippen LogP contribution < -0.4 is 0 Å². The van der Waals surface area contributed by atoms with E-state index < -0.39 is 0 Å². The molecule has 0 amide bonds. The van der Waals surface area contributed by atoms with Crippen molar-refractivity contribution >= 4 is 34.9 Å². The minimum Gasteiger partial charge on any atom is -0.457 e. The molecule has 27 heavy (non-hydrogen) atoms. The maximum atomic E-state index is 9.66. The van der Waals surface area contributed by atoms with E-state index in [1.54, 1.807) is 30.3 Å². The summed E-state index contributed by atoms with van der Waals surface area (Å²) in [6.45, 7) is 0.832. The predicted octanol–water partition coefficient (Wildman–Crippen LogP) is 5.64. The average Bonchev–Trinajstić information content (AvgIpc) is 3.22. The van der Waals surface area contributed by atoms with Crippen molar-refractivity contribution < 1.29 is 4.42 Å². The fourth-order valence-electron chi connectivity index (χ4n) is 3.23. The van der Waals surface area contributed by atoms with Crippen molar-refractivity contribution in [3.8, 4) is 17.4 Å². The average molecular weight is 399 g/mol. The van der Waals surface area contributed by atoms with Gasteiger partial charge in [-0.25, -0.2) is 0 Å². The summed E-state index contributed by atoms with van der Waals surface area (Å²) in [5, 5.41) is 19.3. The number of aryl methyl sites for hydroxylation is 1. The van der Waals surface area contributed by atoms with Crippen LogP contribution in [0.1, 0.15) is 36.7 Å². The number of benzene rings is 1. The zero-order chi connectivity index (χ0) is 18.8. The number of aromatic nitrogens is 3. The molecule has 0 N–H and O–H groups in total. The Morgan fingerprint density at radius 2 is 2.04 bits per heavy atom. The number of halogens is 2. The first kappa shape index (κ1) is 17.8. The fourth-order valence-corrected chi connectivity index (χ4v) is 3.62. The number of allylic oxidation sites excluding steroid dienone is 1. The minimum atomic E-state index is 0.425. The van der Waals surface area contributed by atoms with Crippen molar-refractivity contribution in [3.63, 3.8) is 0 Å². The largest absolute Gasteiger partial charge is 0.457 e. The van der Waals surface area contributed by atoms with Crippen LogP contribution in [0.5, 0.6) is 0 Å². The molecule has 1 aromatic carbocycles. The Bertz CT molecular complexity index is 1060. The Balaban J connectivity index is 1.69. The van der Waals surface area contributed by atoms with Crippen LogP contribution in [-0.4, -0.2) is 14.8 Å². The van der Waals surface area contributed by atoms with E-state index in [1.807, 2.05) is 10.6 Å². The second-order valence-electron chi connectivity index (χ2n) is 6.40. The van der Waals surface area contributed by atoms with E-state index in [1.165, 1.54) is 0 Å². The lowest BCUT2D eigenvalue weighted by Crippen LogP contribution is -2.05. The third kappa shape index (κ3) is 3.64. The number of furan rings is 1. The fraction of sp³-hybridized carbons (Fsp3) is 0.250. The number of fused-ring (bicyclic) bond motifs is 1. The molecule has 7 heteroatoms. The lowest BCUT2D eigenvalue weighted by molar-refractivity contribution is 0.572. The van der Waals surface area contributed by atoms with Crippen LogP contribution in [0.2, 0.25) is 10.0 Å². The molecule has 4 rings (SSSR count). The van der Waals surface area contributed by atoms with Gasteiger partial charge in [-0.15, -0.1) is 10.2 Å². The van der Waals surface area contributed by atoms with E-state index in [2.05, 4.69) is 16.3 Å². The van der Waals surface area contributed by atoms with Gasteiger partial charge in [-0.05, 0) is 43.2 Å². The quantitative estimate of drug-likeness (QED) is 0.535. The number of nitrogens with zero attached hydrogens (tertiary/aromatic N) is 4. The van der Waals surface area contributed by atoms with Crippen molar-refractivity contribution in [1.82, 2.24) is 14.8 Å². The van der Waals surface area contributed by atoms with Gasteiger partial charge in [0.2, 0.25) is 0 Å². The van der Waals surface area contributed by atoms with Crippen LogP contribution in [0.3, 0.4) is 0 Å². The van der Waals surface area contributed by atoms with E-state index in [9.17, 15) is 5.26 Å². The van der Waals surface area contributed by atoms with Crippen LogP contribution in [0.4, 0.5) is 0 Å². The SMILES string of the molecule is N#CC(=Cc1ccc(-c2cc(Cl)ccc2Cl)o1)c1nnc2n1CCCCC2. The predicted molar refractivity (Wildman–Crippen MR) is 105 cm³/mol. The molecule has 136 valence electrons. The third-order valence-electron chi connectivity index (χ3n) is 4.58. The molecule has 0 saturated heterocycles. The smallest absolute Gasteiger partial charge is 0.174 e. The van der Waals surface area contributed by atoms with E-state index in [0.717, 1.165) is 38.1 Å². The summed E-state index contributed by atoms with van der Waals surface area (Å²) < 4.78 is 7.92. The Labute approximate surface area is 166 Å². The van der Waals surface area contributed by atoms with Crippen molar-refractivity contribution in [2.45, 2.75) is 32.2 Å². The van der Waals surface area contributed by atoms with Crippen LogP contribution in [0.25, 0.3) is 23.0 Å². The molecule has 0 fully saturated rings.